The van der Waals surface area contributed by atoms with Crippen molar-refractivity contribution in [3.63, 3.8) is 0 Å². The molecule has 0 fully saturated rings. The van der Waals surface area contributed by atoms with Crippen LogP contribution in [0.15, 0.2) is 39.7 Å². The first-order valence-corrected chi connectivity index (χ1v) is 4.71. The van der Waals surface area contributed by atoms with Crippen LogP contribution in [-0.2, 0) is 0 Å². The van der Waals surface area contributed by atoms with E-state index in [1.165, 1.54) is 0 Å². The zero-order chi connectivity index (χ0) is 9.97. The van der Waals surface area contributed by atoms with Gasteiger partial charge in [0.05, 0.1) is 17.8 Å². The highest BCUT2D eigenvalue weighted by atomic mass is 79.9. The van der Waals surface area contributed by atoms with Gasteiger partial charge in [-0.15, -0.1) is 0 Å². The van der Waals surface area contributed by atoms with Crippen LogP contribution in [0.25, 0.3) is 11.3 Å². The third kappa shape index (κ3) is 1.68. The molecule has 0 atom stereocenters. The number of hydrogen-bond donors (Lipinski definition) is 0. The molecular formula is C10H5BrN2O. The van der Waals surface area contributed by atoms with Gasteiger partial charge in [0.1, 0.15) is 0 Å². The molecule has 0 amide bonds. The van der Waals surface area contributed by atoms with Gasteiger partial charge in [-0.1, -0.05) is 12.1 Å². The lowest BCUT2D eigenvalue weighted by atomic mass is 10.1. The van der Waals surface area contributed by atoms with Crippen molar-refractivity contribution in [1.29, 1.82) is 5.26 Å². The van der Waals surface area contributed by atoms with E-state index in [4.69, 9.17) is 9.68 Å². The van der Waals surface area contributed by atoms with Crippen LogP contribution in [0.5, 0.6) is 0 Å². The van der Waals surface area contributed by atoms with Gasteiger partial charge in [0.2, 0.25) is 0 Å². The highest BCUT2D eigenvalue weighted by Crippen LogP contribution is 2.23. The van der Waals surface area contributed by atoms with Gasteiger partial charge >= 0.3 is 0 Å². The van der Waals surface area contributed by atoms with Crippen molar-refractivity contribution in [3.8, 4) is 17.4 Å². The third-order valence-corrected chi connectivity index (χ3v) is 2.12. The number of oxazole rings is 1. The first kappa shape index (κ1) is 8.97. The smallest absolute Gasteiger partial charge is 0.264 e. The third-order valence-electron chi connectivity index (χ3n) is 1.75. The molecule has 1 heterocycles. The number of nitriles is 1. The Bertz CT molecular complexity index is 499. The van der Waals surface area contributed by atoms with Crippen molar-refractivity contribution in [3.05, 3.63) is 40.8 Å². The van der Waals surface area contributed by atoms with E-state index in [-0.39, 0.29) is 0 Å². The number of hydrogen-bond acceptors (Lipinski definition) is 3. The fourth-order valence-electron chi connectivity index (χ4n) is 1.13. The summed E-state index contributed by atoms with van der Waals surface area (Å²) in [6.45, 7) is 0. The lowest BCUT2D eigenvalue weighted by molar-refractivity contribution is 0.542. The van der Waals surface area contributed by atoms with E-state index < -0.39 is 0 Å². The number of aromatic nitrogens is 1. The largest absolute Gasteiger partial charge is 0.431 e. The van der Waals surface area contributed by atoms with E-state index in [2.05, 4.69) is 27.0 Å². The Hall–Kier alpha value is -1.60. The summed E-state index contributed by atoms with van der Waals surface area (Å²) < 4.78 is 5.27. The monoisotopic (exact) mass is 248 g/mol. The van der Waals surface area contributed by atoms with E-state index in [9.17, 15) is 0 Å². The molecule has 0 radical (unpaired) electrons. The van der Waals surface area contributed by atoms with E-state index in [1.807, 2.05) is 12.1 Å². The minimum Gasteiger partial charge on any atom is -0.431 e. The number of rotatable bonds is 1. The average Bonchev–Trinajstić information content (AvgIpc) is 2.65. The molecule has 0 bridgehead atoms. The van der Waals surface area contributed by atoms with Crippen molar-refractivity contribution in [1.82, 2.24) is 4.98 Å². The second-order valence-electron chi connectivity index (χ2n) is 2.67. The first-order chi connectivity index (χ1) is 6.79. The molecule has 2 aromatic rings. The van der Waals surface area contributed by atoms with Gasteiger partial charge in [-0.25, -0.2) is 4.98 Å². The van der Waals surface area contributed by atoms with E-state index in [0.29, 0.717) is 16.1 Å². The number of nitrogens with zero attached hydrogens (tertiary/aromatic N) is 2. The molecular weight excluding hydrogens is 244 g/mol. The lowest BCUT2D eigenvalue weighted by Crippen LogP contribution is -1.76. The second kappa shape index (κ2) is 3.64. The Morgan fingerprint density at radius 3 is 2.93 bits per heavy atom. The molecule has 0 aliphatic rings. The Balaban J connectivity index is 2.47. The highest BCUT2D eigenvalue weighted by molar-refractivity contribution is 9.10. The molecule has 1 aromatic heterocycles. The summed E-state index contributed by atoms with van der Waals surface area (Å²) in [7, 11) is 0. The van der Waals surface area contributed by atoms with Crippen LogP contribution in [0.2, 0.25) is 0 Å². The summed E-state index contributed by atoms with van der Waals surface area (Å²) in [5.74, 6) is 0.647. The van der Waals surface area contributed by atoms with E-state index in [1.54, 1.807) is 18.3 Å². The zero-order valence-corrected chi connectivity index (χ0v) is 8.65. The van der Waals surface area contributed by atoms with Gasteiger partial charge in [-0.3, -0.25) is 0 Å². The molecule has 68 valence electrons. The maximum absolute atomic E-state index is 8.71. The summed E-state index contributed by atoms with van der Waals surface area (Å²) in [6.07, 6.45) is 1.61. The molecule has 0 spiro atoms. The summed E-state index contributed by atoms with van der Waals surface area (Å²) in [4.78, 5) is 4.36. The maximum atomic E-state index is 8.71. The van der Waals surface area contributed by atoms with Crippen molar-refractivity contribution < 1.29 is 4.42 Å². The van der Waals surface area contributed by atoms with Gasteiger partial charge in [0, 0.05) is 21.5 Å². The Labute approximate surface area is 89.1 Å². The van der Waals surface area contributed by atoms with Crippen molar-refractivity contribution in [2.75, 3.05) is 0 Å². The van der Waals surface area contributed by atoms with Gasteiger partial charge in [0.25, 0.3) is 4.80 Å². The molecule has 14 heavy (non-hydrogen) atoms. The van der Waals surface area contributed by atoms with Gasteiger partial charge in [-0.05, 0) is 12.1 Å². The summed E-state index contributed by atoms with van der Waals surface area (Å²) in [5, 5.41) is 8.71. The normalized spacial score (nSPS) is 9.71. The molecule has 1 aromatic carbocycles. The number of halogens is 1. The van der Waals surface area contributed by atoms with Crippen molar-refractivity contribution in [2.24, 2.45) is 0 Å². The maximum Gasteiger partial charge on any atom is 0.264 e. The summed E-state index contributed by atoms with van der Waals surface area (Å²) in [6, 6.07) is 9.25. The van der Waals surface area contributed by atoms with Crippen LogP contribution in [0, 0.1) is 11.3 Å². The highest BCUT2D eigenvalue weighted by Gasteiger charge is 2.04. The van der Waals surface area contributed by atoms with Crippen LogP contribution in [0.3, 0.4) is 0 Å². The molecule has 2 rings (SSSR count). The molecule has 0 N–H and O–H groups in total. The first-order valence-electron chi connectivity index (χ1n) is 3.91. The Morgan fingerprint density at radius 2 is 2.29 bits per heavy atom. The molecule has 0 saturated carbocycles. The predicted octanol–water partition coefficient (Wildman–Crippen LogP) is 2.98. The predicted molar refractivity (Wildman–Crippen MR) is 54.4 cm³/mol. The summed E-state index contributed by atoms with van der Waals surface area (Å²) in [5.41, 5.74) is 1.46. The average molecular weight is 249 g/mol. The van der Waals surface area contributed by atoms with Gasteiger partial charge in [0.15, 0.2) is 5.76 Å². The molecule has 4 heteroatoms. The van der Waals surface area contributed by atoms with Crippen LogP contribution >= 0.6 is 15.9 Å². The number of benzene rings is 1. The van der Waals surface area contributed by atoms with Gasteiger partial charge < -0.3 is 4.42 Å². The summed E-state index contributed by atoms with van der Waals surface area (Å²) >= 11 is 3.12. The van der Waals surface area contributed by atoms with Crippen LogP contribution in [0.1, 0.15) is 5.56 Å². The van der Waals surface area contributed by atoms with Crippen molar-refractivity contribution in [2.45, 2.75) is 0 Å². The SMILES string of the molecule is N#Cc1cccc(-c2cnc(Br)o2)c1. The van der Waals surface area contributed by atoms with Crippen molar-refractivity contribution >= 4 is 15.9 Å². The molecule has 0 aliphatic heterocycles. The minimum atomic E-state index is 0.440. The van der Waals surface area contributed by atoms with Crippen LogP contribution in [-0.4, -0.2) is 4.98 Å². The molecule has 0 unspecified atom stereocenters. The van der Waals surface area contributed by atoms with E-state index >= 15 is 0 Å². The fraction of sp³-hybridized carbons (Fsp3) is 0. The van der Waals surface area contributed by atoms with Gasteiger partial charge in [-0.2, -0.15) is 5.26 Å². The molecule has 0 saturated heterocycles. The lowest BCUT2D eigenvalue weighted by Gasteiger charge is -1.95. The van der Waals surface area contributed by atoms with E-state index in [0.717, 1.165) is 5.56 Å². The minimum absolute atomic E-state index is 0.440. The van der Waals surface area contributed by atoms with Crippen LogP contribution < -0.4 is 0 Å². The Morgan fingerprint density at radius 1 is 1.43 bits per heavy atom. The molecule has 3 nitrogen and oxygen atoms in total. The fourth-order valence-corrected chi connectivity index (χ4v) is 1.41. The standard InChI is InChI=1S/C10H5BrN2O/c11-10-13-6-9(14-10)8-3-1-2-7(4-8)5-12/h1-4,6H. The second-order valence-corrected chi connectivity index (χ2v) is 3.35. The molecule has 0 aliphatic carbocycles. The van der Waals surface area contributed by atoms with Crippen LogP contribution in [0.4, 0.5) is 0 Å². The topological polar surface area (TPSA) is 49.8 Å². The zero-order valence-electron chi connectivity index (χ0n) is 7.07. The quantitative estimate of drug-likeness (QED) is 0.780. The Kier molecular flexibility index (Phi) is 2.33.